The molecule has 0 aliphatic carbocycles. The third-order valence-electron chi connectivity index (χ3n) is 3.39. The molecule has 1 fully saturated rings. The van der Waals surface area contributed by atoms with Crippen molar-refractivity contribution in [1.29, 1.82) is 0 Å². The van der Waals surface area contributed by atoms with E-state index in [9.17, 15) is 0 Å². The maximum atomic E-state index is 6.25. The van der Waals surface area contributed by atoms with Crippen molar-refractivity contribution in [3.8, 4) is 0 Å². The molecular weight excluding hydrogens is 246 g/mol. The Bertz CT molecular complexity index is 364. The summed E-state index contributed by atoms with van der Waals surface area (Å²) in [7, 11) is 0. The summed E-state index contributed by atoms with van der Waals surface area (Å²) in [6.45, 7) is 5.35. The number of nitrogens with zero attached hydrogens (tertiary/aromatic N) is 2. The fourth-order valence-electron chi connectivity index (χ4n) is 2.51. The van der Waals surface area contributed by atoms with Crippen LogP contribution in [0.1, 0.15) is 32.6 Å². The molecule has 3 nitrogen and oxygen atoms in total. The lowest BCUT2D eigenvalue weighted by Crippen LogP contribution is -2.44. The number of hydrogen-bond donors (Lipinski definition) is 1. The van der Waals surface area contributed by atoms with Crippen LogP contribution in [0.2, 0.25) is 5.02 Å². The second kappa shape index (κ2) is 6.95. The van der Waals surface area contributed by atoms with Gasteiger partial charge >= 0.3 is 0 Å². The van der Waals surface area contributed by atoms with Gasteiger partial charge in [-0.2, -0.15) is 0 Å². The number of halogens is 1. The van der Waals surface area contributed by atoms with E-state index in [0.717, 1.165) is 36.9 Å². The van der Waals surface area contributed by atoms with Crippen LogP contribution in [0.15, 0.2) is 18.3 Å². The van der Waals surface area contributed by atoms with Gasteiger partial charge in [-0.15, -0.1) is 0 Å². The van der Waals surface area contributed by atoms with Crippen LogP contribution in [-0.4, -0.2) is 30.7 Å². The van der Waals surface area contributed by atoms with Crippen LogP contribution >= 0.6 is 11.6 Å². The first-order valence-electron chi connectivity index (χ1n) is 6.90. The fraction of sp³-hybridized carbons (Fsp3) is 0.643. The first-order chi connectivity index (χ1) is 8.81. The van der Waals surface area contributed by atoms with E-state index in [4.69, 9.17) is 11.6 Å². The normalized spacial score (nSPS) is 19.8. The molecule has 1 aromatic rings. The van der Waals surface area contributed by atoms with E-state index >= 15 is 0 Å². The Morgan fingerprint density at radius 1 is 1.50 bits per heavy atom. The minimum absolute atomic E-state index is 0.573. The molecule has 2 rings (SSSR count). The third kappa shape index (κ3) is 3.59. The number of aromatic nitrogens is 1. The molecule has 1 N–H and O–H groups in total. The summed E-state index contributed by atoms with van der Waals surface area (Å²) in [6.07, 6.45) is 6.81. The van der Waals surface area contributed by atoms with Crippen LogP contribution in [0.5, 0.6) is 0 Å². The molecule has 1 atom stereocenters. The highest BCUT2D eigenvalue weighted by atomic mass is 35.5. The maximum absolute atomic E-state index is 6.25. The first-order valence-corrected chi connectivity index (χ1v) is 7.28. The van der Waals surface area contributed by atoms with Crippen LogP contribution in [0.4, 0.5) is 5.82 Å². The first kappa shape index (κ1) is 13.6. The van der Waals surface area contributed by atoms with Gasteiger partial charge in [0, 0.05) is 25.3 Å². The van der Waals surface area contributed by atoms with E-state index in [1.54, 1.807) is 0 Å². The number of rotatable bonds is 5. The Balaban J connectivity index is 2.05. The summed E-state index contributed by atoms with van der Waals surface area (Å²) in [5.74, 6) is 0.924. The van der Waals surface area contributed by atoms with Crippen LogP contribution in [0, 0.1) is 0 Å². The monoisotopic (exact) mass is 267 g/mol. The second-order valence-electron chi connectivity index (χ2n) is 4.90. The van der Waals surface area contributed by atoms with Crippen molar-refractivity contribution in [3.63, 3.8) is 0 Å². The summed E-state index contributed by atoms with van der Waals surface area (Å²) in [6, 6.07) is 4.37. The SMILES string of the molecule is CCCN(CC1CCCCN1)c1ncccc1Cl. The lowest BCUT2D eigenvalue weighted by atomic mass is 10.0. The molecule has 18 heavy (non-hydrogen) atoms. The number of pyridine rings is 1. The smallest absolute Gasteiger partial charge is 0.147 e. The molecule has 0 saturated carbocycles. The molecule has 1 aliphatic rings. The Hall–Kier alpha value is -0.800. The highest BCUT2D eigenvalue weighted by Crippen LogP contribution is 2.23. The van der Waals surface area contributed by atoms with Gasteiger partial charge in [0.15, 0.2) is 0 Å². The topological polar surface area (TPSA) is 28.2 Å². The average molecular weight is 268 g/mol. The van der Waals surface area contributed by atoms with Crippen LogP contribution < -0.4 is 10.2 Å². The van der Waals surface area contributed by atoms with Gasteiger partial charge < -0.3 is 10.2 Å². The minimum atomic E-state index is 0.573. The molecule has 1 unspecified atom stereocenters. The Morgan fingerprint density at radius 2 is 2.39 bits per heavy atom. The van der Waals surface area contributed by atoms with Crippen LogP contribution in [0.3, 0.4) is 0 Å². The maximum Gasteiger partial charge on any atom is 0.147 e. The number of hydrogen-bond acceptors (Lipinski definition) is 3. The molecule has 0 radical (unpaired) electrons. The Morgan fingerprint density at radius 3 is 3.06 bits per heavy atom. The van der Waals surface area contributed by atoms with Gasteiger partial charge in [-0.1, -0.05) is 24.9 Å². The van der Waals surface area contributed by atoms with E-state index in [1.807, 2.05) is 18.3 Å². The number of anilines is 1. The van der Waals surface area contributed by atoms with Crippen molar-refractivity contribution in [3.05, 3.63) is 23.4 Å². The predicted molar refractivity (Wildman–Crippen MR) is 77.4 cm³/mol. The molecule has 0 spiro atoms. The van der Waals surface area contributed by atoms with E-state index in [-0.39, 0.29) is 0 Å². The zero-order chi connectivity index (χ0) is 12.8. The van der Waals surface area contributed by atoms with Gasteiger partial charge in [-0.3, -0.25) is 0 Å². The molecule has 0 aromatic carbocycles. The number of piperidine rings is 1. The largest absolute Gasteiger partial charge is 0.354 e. The van der Waals surface area contributed by atoms with Crippen LogP contribution in [-0.2, 0) is 0 Å². The molecule has 1 saturated heterocycles. The van der Waals surface area contributed by atoms with Gasteiger partial charge in [0.1, 0.15) is 5.82 Å². The molecule has 4 heteroatoms. The zero-order valence-corrected chi connectivity index (χ0v) is 11.8. The predicted octanol–water partition coefficient (Wildman–Crippen LogP) is 3.09. The standard InChI is InChI=1S/C14H22ClN3/c1-2-10-18(11-12-6-3-4-8-16-12)14-13(15)7-5-9-17-14/h5,7,9,12,16H,2-4,6,8,10-11H2,1H3. The lowest BCUT2D eigenvalue weighted by Gasteiger charge is -2.31. The van der Waals surface area contributed by atoms with Crippen molar-refractivity contribution < 1.29 is 0 Å². The van der Waals surface area contributed by atoms with Crippen molar-refractivity contribution in [2.75, 3.05) is 24.5 Å². The highest BCUT2D eigenvalue weighted by Gasteiger charge is 2.18. The van der Waals surface area contributed by atoms with E-state index in [0.29, 0.717) is 6.04 Å². The molecule has 0 bridgehead atoms. The molecular formula is C14H22ClN3. The lowest BCUT2D eigenvalue weighted by molar-refractivity contribution is 0.398. The Labute approximate surface area is 115 Å². The van der Waals surface area contributed by atoms with Gasteiger partial charge in [0.2, 0.25) is 0 Å². The summed E-state index contributed by atoms with van der Waals surface area (Å²) in [5.41, 5.74) is 0. The van der Waals surface area contributed by atoms with Gasteiger partial charge in [-0.05, 0) is 37.9 Å². The molecule has 100 valence electrons. The van der Waals surface area contributed by atoms with Crippen molar-refractivity contribution >= 4 is 17.4 Å². The Kier molecular flexibility index (Phi) is 5.26. The minimum Gasteiger partial charge on any atom is -0.354 e. The van der Waals surface area contributed by atoms with Crippen molar-refractivity contribution in [2.45, 2.75) is 38.6 Å². The van der Waals surface area contributed by atoms with Gasteiger partial charge in [0.05, 0.1) is 5.02 Å². The van der Waals surface area contributed by atoms with E-state index in [1.165, 1.54) is 19.3 Å². The van der Waals surface area contributed by atoms with Crippen LogP contribution in [0.25, 0.3) is 0 Å². The van der Waals surface area contributed by atoms with Gasteiger partial charge in [-0.25, -0.2) is 4.98 Å². The molecule has 0 amide bonds. The summed E-state index contributed by atoms with van der Waals surface area (Å²) >= 11 is 6.25. The van der Waals surface area contributed by atoms with E-state index < -0.39 is 0 Å². The second-order valence-corrected chi connectivity index (χ2v) is 5.31. The summed E-state index contributed by atoms with van der Waals surface area (Å²) in [5, 5.41) is 4.34. The summed E-state index contributed by atoms with van der Waals surface area (Å²) < 4.78 is 0. The van der Waals surface area contributed by atoms with E-state index in [2.05, 4.69) is 22.1 Å². The third-order valence-corrected chi connectivity index (χ3v) is 3.68. The fourth-order valence-corrected chi connectivity index (χ4v) is 2.75. The highest BCUT2D eigenvalue weighted by molar-refractivity contribution is 6.32. The summed E-state index contributed by atoms with van der Waals surface area (Å²) in [4.78, 5) is 6.74. The molecule has 2 heterocycles. The average Bonchev–Trinajstić information content (AvgIpc) is 2.40. The quantitative estimate of drug-likeness (QED) is 0.889. The van der Waals surface area contributed by atoms with Gasteiger partial charge in [0.25, 0.3) is 0 Å². The number of nitrogens with one attached hydrogen (secondary N) is 1. The zero-order valence-electron chi connectivity index (χ0n) is 11.0. The molecule has 1 aromatic heterocycles. The van der Waals surface area contributed by atoms with Crippen molar-refractivity contribution in [2.24, 2.45) is 0 Å². The molecule has 1 aliphatic heterocycles. The van der Waals surface area contributed by atoms with Crippen molar-refractivity contribution in [1.82, 2.24) is 10.3 Å².